The number of hydrogen-bond donors (Lipinski definition) is 3. The minimum Gasteiger partial charge on any atom is -0.392 e. The lowest BCUT2D eigenvalue weighted by atomic mass is 9.88. The second-order valence-corrected chi connectivity index (χ2v) is 4.12. The molecule has 0 aromatic heterocycles. The second kappa shape index (κ2) is 3.32. The molecule has 2 unspecified atom stereocenters. The van der Waals surface area contributed by atoms with Gasteiger partial charge in [0.25, 0.3) is 0 Å². The lowest BCUT2D eigenvalue weighted by Gasteiger charge is -2.27. The van der Waals surface area contributed by atoms with Crippen molar-refractivity contribution in [3.63, 3.8) is 0 Å². The number of hydrogen-bond acceptors (Lipinski definition) is 3. The monoisotopic (exact) mass is 170 g/mol. The van der Waals surface area contributed by atoms with E-state index in [1.54, 1.807) is 0 Å². The SMILES string of the molecule is OC1CNC2(CCCNCC2)C1. The standard InChI is InChI=1S/C9H18N2O/c12-8-6-9(11-7-8)2-1-4-10-5-3-9/h8,10-12H,1-7H2. The van der Waals surface area contributed by atoms with Gasteiger partial charge in [-0.3, -0.25) is 0 Å². The van der Waals surface area contributed by atoms with Crippen LogP contribution in [-0.2, 0) is 0 Å². The Morgan fingerprint density at radius 2 is 2.17 bits per heavy atom. The van der Waals surface area contributed by atoms with Gasteiger partial charge in [-0.2, -0.15) is 0 Å². The molecule has 3 N–H and O–H groups in total. The van der Waals surface area contributed by atoms with E-state index < -0.39 is 0 Å². The molecular formula is C9H18N2O. The van der Waals surface area contributed by atoms with Crippen LogP contribution in [0.1, 0.15) is 25.7 Å². The third kappa shape index (κ3) is 1.63. The summed E-state index contributed by atoms with van der Waals surface area (Å²) in [5.41, 5.74) is 0.267. The van der Waals surface area contributed by atoms with Gasteiger partial charge < -0.3 is 15.7 Å². The van der Waals surface area contributed by atoms with Crippen molar-refractivity contribution in [1.82, 2.24) is 10.6 Å². The van der Waals surface area contributed by atoms with Crippen LogP contribution in [0.25, 0.3) is 0 Å². The summed E-state index contributed by atoms with van der Waals surface area (Å²) >= 11 is 0. The van der Waals surface area contributed by atoms with Gasteiger partial charge in [0, 0.05) is 12.1 Å². The fourth-order valence-electron chi connectivity index (χ4n) is 2.44. The van der Waals surface area contributed by atoms with E-state index in [1.807, 2.05) is 0 Å². The van der Waals surface area contributed by atoms with Gasteiger partial charge in [0.05, 0.1) is 6.10 Å². The summed E-state index contributed by atoms with van der Waals surface area (Å²) in [5, 5.41) is 16.3. The Kier molecular flexibility index (Phi) is 2.35. The van der Waals surface area contributed by atoms with Gasteiger partial charge in [0.2, 0.25) is 0 Å². The van der Waals surface area contributed by atoms with Crippen molar-refractivity contribution in [1.29, 1.82) is 0 Å². The molecule has 0 aliphatic carbocycles. The number of rotatable bonds is 0. The van der Waals surface area contributed by atoms with E-state index in [4.69, 9.17) is 0 Å². The molecule has 2 heterocycles. The first-order valence-electron chi connectivity index (χ1n) is 4.95. The molecule has 12 heavy (non-hydrogen) atoms. The number of nitrogens with one attached hydrogen (secondary N) is 2. The molecule has 0 amide bonds. The van der Waals surface area contributed by atoms with E-state index in [-0.39, 0.29) is 11.6 Å². The van der Waals surface area contributed by atoms with E-state index >= 15 is 0 Å². The number of β-amino-alcohol motifs (C(OH)–C–C–N with tert-alkyl or cyclic N) is 1. The molecule has 2 fully saturated rings. The van der Waals surface area contributed by atoms with Gasteiger partial charge in [0.15, 0.2) is 0 Å². The van der Waals surface area contributed by atoms with Crippen LogP contribution in [0.4, 0.5) is 0 Å². The third-order valence-corrected chi connectivity index (χ3v) is 3.13. The normalized spacial score (nSPS) is 43.2. The van der Waals surface area contributed by atoms with Crippen LogP contribution >= 0.6 is 0 Å². The van der Waals surface area contributed by atoms with Crippen molar-refractivity contribution in [3.8, 4) is 0 Å². The molecule has 2 atom stereocenters. The molecule has 2 aliphatic rings. The predicted octanol–water partition coefficient (Wildman–Crippen LogP) is -0.147. The molecule has 0 bridgehead atoms. The largest absolute Gasteiger partial charge is 0.392 e. The highest BCUT2D eigenvalue weighted by atomic mass is 16.3. The quantitative estimate of drug-likeness (QED) is 0.474. The van der Waals surface area contributed by atoms with E-state index in [2.05, 4.69) is 10.6 Å². The Morgan fingerprint density at radius 3 is 2.92 bits per heavy atom. The average molecular weight is 170 g/mol. The zero-order chi connectivity index (χ0) is 8.44. The molecule has 0 saturated carbocycles. The minimum atomic E-state index is -0.108. The first-order chi connectivity index (χ1) is 5.81. The van der Waals surface area contributed by atoms with Gasteiger partial charge in [-0.1, -0.05) is 0 Å². The zero-order valence-electron chi connectivity index (χ0n) is 7.47. The first-order valence-corrected chi connectivity index (χ1v) is 4.95. The fourth-order valence-corrected chi connectivity index (χ4v) is 2.44. The van der Waals surface area contributed by atoms with Crippen molar-refractivity contribution in [2.75, 3.05) is 19.6 Å². The van der Waals surface area contributed by atoms with E-state index in [0.29, 0.717) is 0 Å². The molecule has 0 radical (unpaired) electrons. The Balaban J connectivity index is 1.98. The van der Waals surface area contributed by atoms with Crippen LogP contribution < -0.4 is 10.6 Å². The maximum absolute atomic E-state index is 9.46. The third-order valence-electron chi connectivity index (χ3n) is 3.13. The van der Waals surface area contributed by atoms with Crippen LogP contribution in [0.2, 0.25) is 0 Å². The molecule has 0 aromatic rings. The number of aliphatic hydroxyl groups is 1. The molecule has 2 saturated heterocycles. The molecule has 1 spiro atoms. The summed E-state index contributed by atoms with van der Waals surface area (Å²) < 4.78 is 0. The Morgan fingerprint density at radius 1 is 1.25 bits per heavy atom. The molecule has 3 heteroatoms. The highest BCUT2D eigenvalue weighted by Crippen LogP contribution is 2.29. The summed E-state index contributed by atoms with van der Waals surface area (Å²) in [6, 6.07) is 0. The van der Waals surface area contributed by atoms with E-state index in [1.165, 1.54) is 19.3 Å². The lowest BCUT2D eigenvalue weighted by Crippen LogP contribution is -2.40. The number of aliphatic hydroxyl groups excluding tert-OH is 1. The summed E-state index contributed by atoms with van der Waals surface area (Å²) in [6.07, 6.45) is 4.47. The van der Waals surface area contributed by atoms with Crippen molar-refractivity contribution < 1.29 is 5.11 Å². The smallest absolute Gasteiger partial charge is 0.0682 e. The molecular weight excluding hydrogens is 152 g/mol. The Bertz CT molecular complexity index is 153. The summed E-state index contributed by atoms with van der Waals surface area (Å²) in [7, 11) is 0. The van der Waals surface area contributed by atoms with Crippen LogP contribution in [0.3, 0.4) is 0 Å². The molecule has 70 valence electrons. The molecule has 3 nitrogen and oxygen atoms in total. The fraction of sp³-hybridized carbons (Fsp3) is 1.00. The van der Waals surface area contributed by atoms with Gasteiger partial charge >= 0.3 is 0 Å². The van der Waals surface area contributed by atoms with Crippen LogP contribution in [0.15, 0.2) is 0 Å². The predicted molar refractivity (Wildman–Crippen MR) is 48.1 cm³/mol. The Labute approximate surface area is 73.5 Å². The maximum atomic E-state index is 9.46. The molecule has 0 aromatic carbocycles. The first kappa shape index (κ1) is 8.48. The van der Waals surface area contributed by atoms with Crippen LogP contribution in [-0.4, -0.2) is 36.4 Å². The summed E-state index contributed by atoms with van der Waals surface area (Å²) in [4.78, 5) is 0. The maximum Gasteiger partial charge on any atom is 0.0682 e. The highest BCUT2D eigenvalue weighted by molar-refractivity contribution is 4.98. The van der Waals surface area contributed by atoms with E-state index in [0.717, 1.165) is 26.1 Å². The van der Waals surface area contributed by atoms with Crippen LogP contribution in [0, 0.1) is 0 Å². The van der Waals surface area contributed by atoms with Crippen molar-refractivity contribution in [2.24, 2.45) is 0 Å². The minimum absolute atomic E-state index is 0.108. The topological polar surface area (TPSA) is 44.3 Å². The van der Waals surface area contributed by atoms with Gasteiger partial charge in [-0.05, 0) is 38.8 Å². The van der Waals surface area contributed by atoms with Crippen molar-refractivity contribution in [2.45, 2.75) is 37.3 Å². The van der Waals surface area contributed by atoms with E-state index in [9.17, 15) is 5.11 Å². The average Bonchev–Trinajstić information content (AvgIpc) is 2.30. The van der Waals surface area contributed by atoms with Gasteiger partial charge in [0.1, 0.15) is 0 Å². The second-order valence-electron chi connectivity index (χ2n) is 4.12. The summed E-state index contributed by atoms with van der Waals surface area (Å²) in [5.74, 6) is 0. The Hall–Kier alpha value is -0.120. The van der Waals surface area contributed by atoms with Gasteiger partial charge in [-0.25, -0.2) is 0 Å². The van der Waals surface area contributed by atoms with Crippen LogP contribution in [0.5, 0.6) is 0 Å². The lowest BCUT2D eigenvalue weighted by molar-refractivity contribution is 0.181. The van der Waals surface area contributed by atoms with Crippen molar-refractivity contribution >= 4 is 0 Å². The molecule has 2 rings (SSSR count). The zero-order valence-corrected chi connectivity index (χ0v) is 7.47. The molecule has 2 aliphatic heterocycles. The highest BCUT2D eigenvalue weighted by Gasteiger charge is 2.37. The van der Waals surface area contributed by atoms with Gasteiger partial charge in [-0.15, -0.1) is 0 Å². The summed E-state index contributed by atoms with van der Waals surface area (Å²) in [6.45, 7) is 3.03. The van der Waals surface area contributed by atoms with Crippen molar-refractivity contribution in [3.05, 3.63) is 0 Å².